The van der Waals surface area contributed by atoms with Gasteiger partial charge >= 0.3 is 12.1 Å². The second-order valence-electron chi connectivity index (χ2n) is 5.78. The highest BCUT2D eigenvalue weighted by Crippen LogP contribution is 2.28. The molecular weight excluding hydrogens is 402 g/mol. The minimum atomic E-state index is -1.90. The molecule has 0 radical (unpaired) electrons. The third kappa shape index (κ3) is 4.92. The van der Waals surface area contributed by atoms with Crippen molar-refractivity contribution in [3.63, 3.8) is 0 Å². The van der Waals surface area contributed by atoms with Gasteiger partial charge in [-0.15, -0.1) is 0 Å². The molecule has 0 heterocycles. The molecule has 2 aromatic rings. The zero-order chi connectivity index (χ0) is 19.2. The van der Waals surface area contributed by atoms with Gasteiger partial charge in [0.25, 0.3) is 0 Å². The number of nitrogens with one attached hydrogen (secondary N) is 1. The van der Waals surface area contributed by atoms with E-state index in [2.05, 4.69) is 21.2 Å². The molecule has 0 aliphatic rings. The number of alkyl carbamates (subject to hydrolysis) is 1. The van der Waals surface area contributed by atoms with Crippen molar-refractivity contribution in [2.75, 3.05) is 0 Å². The summed E-state index contributed by atoms with van der Waals surface area (Å²) >= 11 is 3.28. The van der Waals surface area contributed by atoms with Crippen LogP contribution in [0.25, 0.3) is 0 Å². The van der Waals surface area contributed by atoms with Crippen molar-refractivity contribution in [1.82, 2.24) is 5.32 Å². The monoisotopic (exact) mass is 419 g/mol. The average molecular weight is 420 g/mol. The fourth-order valence-electron chi connectivity index (χ4n) is 2.51. The summed E-state index contributed by atoms with van der Waals surface area (Å²) in [5.41, 5.74) is -0.862. The van der Waals surface area contributed by atoms with E-state index in [4.69, 9.17) is 4.74 Å². The SMILES string of the molecule is CC(=O)CC(NC(=O)OCc1ccccc1)(C(=O)O)c1ccc(Br)cc1. The number of hydrogen-bond acceptors (Lipinski definition) is 4. The molecule has 0 fully saturated rings. The lowest BCUT2D eigenvalue weighted by Crippen LogP contribution is -2.53. The van der Waals surface area contributed by atoms with Crippen molar-refractivity contribution in [2.24, 2.45) is 0 Å². The van der Waals surface area contributed by atoms with Crippen LogP contribution in [0.5, 0.6) is 0 Å². The van der Waals surface area contributed by atoms with Crippen LogP contribution in [0.15, 0.2) is 59.1 Å². The van der Waals surface area contributed by atoms with Gasteiger partial charge in [0.05, 0.1) is 0 Å². The quantitative estimate of drug-likeness (QED) is 0.714. The summed E-state index contributed by atoms with van der Waals surface area (Å²) in [5, 5.41) is 12.2. The van der Waals surface area contributed by atoms with Crippen LogP contribution in [-0.2, 0) is 26.5 Å². The highest BCUT2D eigenvalue weighted by Gasteiger charge is 2.43. The molecule has 136 valence electrons. The van der Waals surface area contributed by atoms with Gasteiger partial charge < -0.3 is 15.2 Å². The van der Waals surface area contributed by atoms with E-state index in [1.165, 1.54) is 6.92 Å². The number of amides is 1. The number of Topliss-reactive ketones (excluding diaryl/α,β-unsaturated/α-hetero) is 1. The summed E-state index contributed by atoms with van der Waals surface area (Å²) in [7, 11) is 0. The lowest BCUT2D eigenvalue weighted by atomic mass is 9.85. The fourth-order valence-corrected chi connectivity index (χ4v) is 2.78. The Balaban J connectivity index is 2.25. The Labute approximate surface area is 159 Å². The molecule has 6 nitrogen and oxygen atoms in total. The number of carboxylic acids is 1. The Kier molecular flexibility index (Phi) is 6.52. The van der Waals surface area contributed by atoms with Crippen molar-refractivity contribution in [3.8, 4) is 0 Å². The van der Waals surface area contributed by atoms with Gasteiger partial charge in [0, 0.05) is 10.9 Å². The first kappa shape index (κ1) is 19.7. The maximum Gasteiger partial charge on any atom is 0.408 e. The molecular formula is C19H18BrNO5. The second-order valence-corrected chi connectivity index (χ2v) is 6.70. The van der Waals surface area contributed by atoms with Gasteiger partial charge in [-0.05, 0) is 30.2 Å². The Bertz CT molecular complexity index is 791. The normalized spacial score (nSPS) is 12.7. The maximum absolute atomic E-state index is 12.2. The largest absolute Gasteiger partial charge is 0.479 e. The molecule has 1 atom stereocenters. The fraction of sp³-hybridized carbons (Fsp3) is 0.211. The molecule has 0 aliphatic carbocycles. The van der Waals surface area contributed by atoms with Crippen molar-refractivity contribution < 1.29 is 24.2 Å². The number of benzene rings is 2. The third-order valence-electron chi connectivity index (χ3n) is 3.74. The first-order valence-corrected chi connectivity index (χ1v) is 8.60. The minimum absolute atomic E-state index is 0.0111. The van der Waals surface area contributed by atoms with Crippen molar-refractivity contribution in [2.45, 2.75) is 25.5 Å². The molecule has 1 amide bonds. The molecule has 26 heavy (non-hydrogen) atoms. The molecule has 0 aliphatic heterocycles. The van der Waals surface area contributed by atoms with E-state index in [-0.39, 0.29) is 18.0 Å². The summed E-state index contributed by atoms with van der Waals surface area (Å²) in [6.45, 7) is 1.26. The highest BCUT2D eigenvalue weighted by atomic mass is 79.9. The van der Waals surface area contributed by atoms with Crippen LogP contribution in [0, 0.1) is 0 Å². The second kappa shape index (κ2) is 8.62. The van der Waals surface area contributed by atoms with Crippen LogP contribution in [0.3, 0.4) is 0 Å². The molecule has 0 bridgehead atoms. The van der Waals surface area contributed by atoms with Gasteiger partial charge in [-0.1, -0.05) is 58.4 Å². The van der Waals surface area contributed by atoms with Gasteiger partial charge in [-0.2, -0.15) is 0 Å². The van der Waals surface area contributed by atoms with Crippen LogP contribution in [-0.4, -0.2) is 23.0 Å². The van der Waals surface area contributed by atoms with Gasteiger partial charge in [0.15, 0.2) is 5.54 Å². The number of carbonyl (C=O) groups excluding carboxylic acids is 2. The smallest absolute Gasteiger partial charge is 0.408 e. The molecule has 1 unspecified atom stereocenters. The number of carbonyl (C=O) groups is 3. The predicted octanol–water partition coefficient (Wildman–Crippen LogP) is 3.63. The summed E-state index contributed by atoms with van der Waals surface area (Å²) in [6.07, 6.45) is -1.31. The topological polar surface area (TPSA) is 92.7 Å². The number of ketones is 1. The summed E-state index contributed by atoms with van der Waals surface area (Å²) in [6, 6.07) is 15.4. The van der Waals surface area contributed by atoms with E-state index in [0.717, 1.165) is 10.0 Å². The number of halogens is 1. The van der Waals surface area contributed by atoms with Crippen molar-refractivity contribution in [3.05, 3.63) is 70.2 Å². The van der Waals surface area contributed by atoms with Crippen LogP contribution >= 0.6 is 15.9 Å². The predicted molar refractivity (Wildman–Crippen MR) is 98.5 cm³/mol. The number of carboxylic acid groups (broad SMARTS) is 1. The first-order chi connectivity index (χ1) is 12.3. The Morgan fingerprint density at radius 3 is 2.23 bits per heavy atom. The van der Waals surface area contributed by atoms with Gasteiger partial charge in [0.1, 0.15) is 12.4 Å². The number of aliphatic carboxylic acids is 1. The Hall–Kier alpha value is -2.67. The van der Waals surface area contributed by atoms with Crippen LogP contribution < -0.4 is 5.32 Å². The Morgan fingerprint density at radius 1 is 1.08 bits per heavy atom. The summed E-state index contributed by atoms with van der Waals surface area (Å²) < 4.78 is 5.87. The van der Waals surface area contributed by atoms with Gasteiger partial charge in [-0.25, -0.2) is 9.59 Å². The number of ether oxygens (including phenoxy) is 1. The maximum atomic E-state index is 12.2. The number of hydrogen-bond donors (Lipinski definition) is 2. The van der Waals surface area contributed by atoms with Crippen molar-refractivity contribution in [1.29, 1.82) is 0 Å². The average Bonchev–Trinajstić information content (AvgIpc) is 2.60. The summed E-state index contributed by atoms with van der Waals surface area (Å²) in [4.78, 5) is 36.0. The molecule has 2 rings (SSSR count). The molecule has 0 spiro atoms. The van der Waals surface area contributed by atoms with E-state index in [1.807, 2.05) is 6.07 Å². The van der Waals surface area contributed by atoms with Gasteiger partial charge in [0.2, 0.25) is 0 Å². The lowest BCUT2D eigenvalue weighted by molar-refractivity contribution is -0.147. The minimum Gasteiger partial charge on any atom is -0.479 e. The van der Waals surface area contributed by atoms with Crippen LogP contribution in [0.2, 0.25) is 0 Å². The van der Waals surface area contributed by atoms with E-state index < -0.39 is 24.0 Å². The zero-order valence-corrected chi connectivity index (χ0v) is 15.7. The number of rotatable bonds is 7. The molecule has 2 N–H and O–H groups in total. The molecule has 0 saturated carbocycles. The van der Waals surface area contributed by atoms with E-state index in [0.29, 0.717) is 0 Å². The van der Waals surface area contributed by atoms with E-state index in [9.17, 15) is 19.5 Å². The molecule has 0 aromatic heterocycles. The molecule has 2 aromatic carbocycles. The third-order valence-corrected chi connectivity index (χ3v) is 4.27. The van der Waals surface area contributed by atoms with Gasteiger partial charge in [-0.3, -0.25) is 4.79 Å². The molecule has 0 saturated heterocycles. The van der Waals surface area contributed by atoms with Crippen LogP contribution in [0.4, 0.5) is 4.79 Å². The zero-order valence-electron chi connectivity index (χ0n) is 14.1. The standard InChI is InChI=1S/C19H18BrNO5/c1-13(22)11-19(17(23)24,15-7-9-16(20)10-8-15)21-18(25)26-12-14-5-3-2-4-6-14/h2-10H,11-12H2,1H3,(H,21,25)(H,23,24). The lowest BCUT2D eigenvalue weighted by Gasteiger charge is -2.30. The van der Waals surface area contributed by atoms with Crippen molar-refractivity contribution >= 4 is 33.8 Å². The Morgan fingerprint density at radius 2 is 1.69 bits per heavy atom. The van der Waals surface area contributed by atoms with E-state index in [1.54, 1.807) is 48.5 Å². The summed E-state index contributed by atoms with van der Waals surface area (Å²) in [5.74, 6) is -1.72. The first-order valence-electron chi connectivity index (χ1n) is 7.81. The van der Waals surface area contributed by atoms with E-state index >= 15 is 0 Å². The molecule has 7 heteroatoms. The van der Waals surface area contributed by atoms with Crippen LogP contribution in [0.1, 0.15) is 24.5 Å². The highest BCUT2D eigenvalue weighted by molar-refractivity contribution is 9.10.